The first-order valence-corrected chi connectivity index (χ1v) is 2.44. The highest BCUT2D eigenvalue weighted by Crippen LogP contribution is 2.09. The van der Waals surface area contributed by atoms with Crippen LogP contribution in [-0.4, -0.2) is 6.98 Å². The maximum absolute atomic E-state index is 11.2. The van der Waals surface area contributed by atoms with Crippen molar-refractivity contribution in [2.45, 2.75) is 13.3 Å². The Bertz CT molecular complexity index is 83.8. The Hall–Kier alpha value is -0.405. The van der Waals surface area contributed by atoms with Crippen molar-refractivity contribution < 1.29 is 12.9 Å². The molecule has 0 aliphatic carbocycles. The average molecular weight is 123 g/mol. The van der Waals surface area contributed by atoms with Crippen LogP contribution in [0.25, 0.3) is 0 Å². The van der Waals surface area contributed by atoms with E-state index in [2.05, 4.69) is 0 Å². The van der Waals surface area contributed by atoms with Gasteiger partial charge in [-0.1, -0.05) is 6.92 Å². The van der Waals surface area contributed by atoms with Gasteiger partial charge in [-0.2, -0.15) is 0 Å². The van der Waals surface area contributed by atoms with E-state index in [0.29, 0.717) is 12.4 Å². The lowest BCUT2D eigenvalue weighted by atomic mass is 9.91. The number of rotatable bonds is 2. The zero-order valence-electron chi connectivity index (χ0n) is 4.57. The molecular weight excluding hydrogens is 116 g/mol. The highest BCUT2D eigenvalue weighted by molar-refractivity contribution is 6.64. The predicted octanol–water partition coefficient (Wildman–Crippen LogP) is 2.34. The van der Waals surface area contributed by atoms with Crippen molar-refractivity contribution in [2.24, 2.45) is 0 Å². The van der Waals surface area contributed by atoms with Crippen molar-refractivity contribution >= 4 is 6.98 Å². The van der Waals surface area contributed by atoms with E-state index in [-0.39, 0.29) is 0 Å². The third-order valence-corrected chi connectivity index (χ3v) is 0.590. The summed E-state index contributed by atoms with van der Waals surface area (Å²) in [6.07, 6.45) is 1.56. The van der Waals surface area contributed by atoms with Gasteiger partial charge in [0, 0.05) is 0 Å². The minimum Gasteiger partial charge on any atom is -0.445 e. The van der Waals surface area contributed by atoms with E-state index in [9.17, 15) is 12.9 Å². The SMILES string of the molecule is CC/C=C/[B-](F)(F)F. The Morgan fingerprint density at radius 3 is 2.00 bits per heavy atom. The van der Waals surface area contributed by atoms with E-state index < -0.39 is 6.98 Å². The second-order valence-corrected chi connectivity index (χ2v) is 1.46. The predicted molar refractivity (Wildman–Crippen MR) is 28.5 cm³/mol. The molecule has 0 aromatic rings. The standard InChI is InChI=1S/C4H7BF3/c1-2-3-4-5(6,7)8/h3-4H,2H2,1H3/q-1/b4-3+. The molecule has 0 atom stereocenters. The summed E-state index contributed by atoms with van der Waals surface area (Å²) in [4.78, 5) is 0. The monoisotopic (exact) mass is 123 g/mol. The van der Waals surface area contributed by atoms with Crippen molar-refractivity contribution in [3.8, 4) is 0 Å². The van der Waals surface area contributed by atoms with Crippen molar-refractivity contribution in [3.05, 3.63) is 12.1 Å². The van der Waals surface area contributed by atoms with Gasteiger partial charge in [-0.15, -0.1) is 12.1 Å². The number of hydrogen-bond donors (Lipinski definition) is 0. The van der Waals surface area contributed by atoms with Crippen LogP contribution in [0.4, 0.5) is 12.9 Å². The lowest BCUT2D eigenvalue weighted by Gasteiger charge is -2.04. The van der Waals surface area contributed by atoms with Crippen molar-refractivity contribution in [3.63, 3.8) is 0 Å². The summed E-state index contributed by atoms with van der Waals surface area (Å²) in [5.41, 5.74) is 0. The summed E-state index contributed by atoms with van der Waals surface area (Å²) in [7, 11) is 0. The molecule has 0 nitrogen and oxygen atoms in total. The lowest BCUT2D eigenvalue weighted by Crippen LogP contribution is -2.09. The Morgan fingerprint density at radius 1 is 1.38 bits per heavy atom. The van der Waals surface area contributed by atoms with Gasteiger partial charge in [0.2, 0.25) is 0 Å². The summed E-state index contributed by atoms with van der Waals surface area (Å²) in [5, 5.41) is 0. The van der Waals surface area contributed by atoms with Gasteiger partial charge in [-0.05, 0) is 6.42 Å². The van der Waals surface area contributed by atoms with Gasteiger partial charge in [-0.25, -0.2) is 0 Å². The first kappa shape index (κ1) is 7.59. The van der Waals surface area contributed by atoms with Crippen LogP contribution >= 0.6 is 0 Å². The highest BCUT2D eigenvalue weighted by atomic mass is 19.4. The number of allylic oxidation sites excluding steroid dienone is 1. The molecule has 0 aromatic carbocycles. The summed E-state index contributed by atoms with van der Waals surface area (Å²) in [6, 6.07) is 0. The van der Waals surface area contributed by atoms with E-state index in [1.165, 1.54) is 0 Å². The van der Waals surface area contributed by atoms with Gasteiger partial charge in [0.15, 0.2) is 0 Å². The topological polar surface area (TPSA) is 0 Å². The molecule has 0 aliphatic heterocycles. The smallest absolute Gasteiger partial charge is 0.445 e. The van der Waals surface area contributed by atoms with Crippen LogP contribution in [0.2, 0.25) is 0 Å². The molecule has 8 heavy (non-hydrogen) atoms. The Balaban J connectivity index is 3.52. The van der Waals surface area contributed by atoms with E-state index in [0.717, 1.165) is 6.08 Å². The third kappa shape index (κ3) is 5.59. The quantitative estimate of drug-likeness (QED) is 0.494. The molecule has 0 fully saturated rings. The fourth-order valence-corrected chi connectivity index (χ4v) is 0.290. The summed E-state index contributed by atoms with van der Waals surface area (Å²) in [5.74, 6) is 0.306. The van der Waals surface area contributed by atoms with Crippen LogP contribution < -0.4 is 0 Å². The van der Waals surface area contributed by atoms with E-state index >= 15 is 0 Å². The van der Waals surface area contributed by atoms with Crippen LogP contribution in [0.1, 0.15) is 13.3 Å². The molecule has 0 heterocycles. The van der Waals surface area contributed by atoms with Gasteiger partial charge in [0.25, 0.3) is 0 Å². The first-order chi connectivity index (χ1) is 3.56. The molecule has 0 amide bonds. The molecule has 0 saturated carbocycles. The number of hydrogen-bond acceptors (Lipinski definition) is 0. The van der Waals surface area contributed by atoms with Gasteiger partial charge in [0.1, 0.15) is 0 Å². The molecule has 0 aliphatic rings. The van der Waals surface area contributed by atoms with Crippen LogP contribution in [0.5, 0.6) is 0 Å². The van der Waals surface area contributed by atoms with Crippen LogP contribution in [0.3, 0.4) is 0 Å². The summed E-state index contributed by atoms with van der Waals surface area (Å²) >= 11 is 0. The van der Waals surface area contributed by atoms with E-state index in [4.69, 9.17) is 0 Å². The highest BCUT2D eigenvalue weighted by Gasteiger charge is 2.16. The molecular formula is C4H7BF3-. The number of halogens is 3. The lowest BCUT2D eigenvalue weighted by molar-refractivity contribution is 0.498. The fourth-order valence-electron chi connectivity index (χ4n) is 0.290. The fraction of sp³-hybridized carbons (Fsp3) is 0.500. The molecule has 0 rings (SSSR count). The zero-order valence-corrected chi connectivity index (χ0v) is 4.57. The van der Waals surface area contributed by atoms with Crippen molar-refractivity contribution in [1.82, 2.24) is 0 Å². The van der Waals surface area contributed by atoms with Crippen molar-refractivity contribution in [1.29, 1.82) is 0 Å². The second kappa shape index (κ2) is 2.79. The Morgan fingerprint density at radius 2 is 1.88 bits per heavy atom. The normalized spacial score (nSPS) is 13.0. The van der Waals surface area contributed by atoms with E-state index in [1.54, 1.807) is 6.92 Å². The maximum Gasteiger partial charge on any atom is 0.502 e. The van der Waals surface area contributed by atoms with Gasteiger partial charge >= 0.3 is 6.98 Å². The molecule has 0 aromatic heterocycles. The van der Waals surface area contributed by atoms with Crippen LogP contribution in [0, 0.1) is 0 Å². The minimum absolute atomic E-state index is 0.306. The summed E-state index contributed by atoms with van der Waals surface area (Å²) < 4.78 is 33.7. The van der Waals surface area contributed by atoms with Gasteiger partial charge in [0.05, 0.1) is 0 Å². The average Bonchev–Trinajstić information content (AvgIpc) is 1.59. The maximum atomic E-state index is 11.2. The molecule has 0 spiro atoms. The Kier molecular flexibility index (Phi) is 2.65. The minimum atomic E-state index is -4.68. The van der Waals surface area contributed by atoms with E-state index in [1.807, 2.05) is 0 Å². The Labute approximate surface area is 46.4 Å². The van der Waals surface area contributed by atoms with Gasteiger partial charge < -0.3 is 12.9 Å². The zero-order chi connectivity index (χ0) is 6.62. The largest absolute Gasteiger partial charge is 0.502 e. The second-order valence-electron chi connectivity index (χ2n) is 1.46. The first-order valence-electron chi connectivity index (χ1n) is 2.44. The molecule has 48 valence electrons. The molecule has 0 saturated heterocycles. The molecule has 4 heteroatoms. The molecule has 0 N–H and O–H groups in total. The molecule has 0 unspecified atom stereocenters. The molecule has 0 bridgehead atoms. The summed E-state index contributed by atoms with van der Waals surface area (Å²) in [6.45, 7) is -3.02. The van der Waals surface area contributed by atoms with Crippen LogP contribution in [0.15, 0.2) is 12.1 Å². The van der Waals surface area contributed by atoms with Crippen LogP contribution in [-0.2, 0) is 0 Å². The van der Waals surface area contributed by atoms with Gasteiger partial charge in [-0.3, -0.25) is 0 Å². The van der Waals surface area contributed by atoms with Crippen molar-refractivity contribution in [2.75, 3.05) is 0 Å². The molecule has 0 radical (unpaired) electrons. The third-order valence-electron chi connectivity index (χ3n) is 0.590.